The van der Waals surface area contributed by atoms with E-state index in [-0.39, 0.29) is 0 Å². The number of nitrogens with one attached hydrogen (secondary N) is 2. The fourth-order valence-corrected chi connectivity index (χ4v) is 2.01. The number of hydrogen-bond acceptors (Lipinski definition) is 4. The maximum atomic E-state index is 11.8. The Balaban J connectivity index is 1.93. The third kappa shape index (κ3) is 5.12. The molecule has 2 aromatic rings. The van der Waals surface area contributed by atoms with Crippen molar-refractivity contribution in [1.82, 2.24) is 10.2 Å². The molecule has 0 aliphatic carbocycles. The molecule has 0 saturated carbocycles. The highest BCUT2D eigenvalue weighted by molar-refractivity contribution is 5.84. The van der Waals surface area contributed by atoms with E-state index in [2.05, 4.69) is 15.5 Å². The molecule has 1 aromatic carbocycles. The molecule has 1 aromatic heterocycles. The largest absolute Gasteiger partial charge is 0.444 e. The number of H-pyrrole nitrogens is 1. The lowest BCUT2D eigenvalue weighted by Crippen LogP contribution is -2.27. The maximum Gasteiger partial charge on any atom is 0.412 e. The van der Waals surface area contributed by atoms with E-state index in [1.165, 1.54) is 0 Å². The Morgan fingerprint density at radius 1 is 1.32 bits per heavy atom. The molecule has 1 amide bonds. The number of carbonyl (C=O) groups excluding carboxylic acids is 1. The van der Waals surface area contributed by atoms with Gasteiger partial charge in [0.05, 0.1) is 0 Å². The van der Waals surface area contributed by atoms with Crippen LogP contribution in [0.2, 0.25) is 0 Å². The zero-order chi connectivity index (χ0) is 16.2. The molecule has 0 unspecified atom stereocenters. The summed E-state index contributed by atoms with van der Waals surface area (Å²) >= 11 is 0. The number of hydrogen-bond donors (Lipinski definition) is 3. The molecular formula is C16H22N4O2. The van der Waals surface area contributed by atoms with Gasteiger partial charge in [0.1, 0.15) is 11.4 Å². The molecule has 0 radical (unpaired) electrons. The average Bonchev–Trinajstić information content (AvgIpc) is 2.80. The lowest BCUT2D eigenvalue weighted by atomic mass is 10.1. The summed E-state index contributed by atoms with van der Waals surface area (Å²) in [7, 11) is 0. The lowest BCUT2D eigenvalue weighted by Gasteiger charge is -2.19. The molecule has 0 aliphatic rings. The molecule has 0 fully saturated rings. The number of carbonyl (C=O) groups is 1. The number of nitrogens with two attached hydrogens (primary N) is 1. The van der Waals surface area contributed by atoms with E-state index in [1.807, 2.05) is 51.1 Å². The van der Waals surface area contributed by atoms with Crippen LogP contribution in [0, 0.1) is 0 Å². The normalized spacial score (nSPS) is 11.2. The maximum absolute atomic E-state index is 11.8. The first-order chi connectivity index (χ1) is 10.3. The van der Waals surface area contributed by atoms with Crippen LogP contribution in [0.4, 0.5) is 16.3 Å². The number of amides is 1. The fourth-order valence-electron chi connectivity index (χ4n) is 2.01. The first-order valence-electron chi connectivity index (χ1n) is 7.20. The second-order valence-electron chi connectivity index (χ2n) is 6.15. The highest BCUT2D eigenvalue weighted by Gasteiger charge is 2.16. The van der Waals surface area contributed by atoms with Crippen LogP contribution in [0.25, 0.3) is 0 Å². The Morgan fingerprint density at radius 2 is 2.09 bits per heavy atom. The number of benzene rings is 1. The number of aromatic nitrogens is 2. The van der Waals surface area contributed by atoms with E-state index in [4.69, 9.17) is 10.5 Å². The minimum absolute atomic E-state index is 0.453. The Bertz CT molecular complexity index is 644. The molecule has 0 spiro atoms. The van der Waals surface area contributed by atoms with Gasteiger partial charge in [-0.2, -0.15) is 5.10 Å². The van der Waals surface area contributed by atoms with Crippen LogP contribution in [0.5, 0.6) is 0 Å². The summed E-state index contributed by atoms with van der Waals surface area (Å²) in [6.45, 7) is 5.50. The zero-order valence-electron chi connectivity index (χ0n) is 13.1. The van der Waals surface area contributed by atoms with Crippen molar-refractivity contribution in [3.8, 4) is 0 Å². The molecule has 0 bridgehead atoms. The minimum Gasteiger partial charge on any atom is -0.444 e. The number of anilines is 2. The highest BCUT2D eigenvalue weighted by atomic mass is 16.6. The molecule has 1 heterocycles. The number of rotatable bonds is 4. The number of ether oxygens (including phenoxy) is 1. The first kappa shape index (κ1) is 15.9. The Hall–Kier alpha value is -2.50. The number of nitrogen functional groups attached to an aromatic ring is 1. The quantitative estimate of drug-likeness (QED) is 0.809. The van der Waals surface area contributed by atoms with Crippen molar-refractivity contribution >= 4 is 17.6 Å². The van der Waals surface area contributed by atoms with E-state index < -0.39 is 11.7 Å². The zero-order valence-corrected chi connectivity index (χ0v) is 13.1. The summed E-state index contributed by atoms with van der Waals surface area (Å²) in [5.41, 5.74) is 7.88. The molecule has 0 aliphatic heterocycles. The Kier molecular flexibility index (Phi) is 4.70. The standard InChI is InChI=1S/C16H22N4O2/c1-16(2,3)22-15(21)18-12-6-4-5-11(9-12)7-8-13-10-14(17)20-19-13/h4-6,9-10H,7-8H2,1-3H3,(H,18,21)(H3,17,19,20). The van der Waals surface area contributed by atoms with E-state index in [0.717, 1.165) is 29.8 Å². The van der Waals surface area contributed by atoms with Crippen molar-refractivity contribution in [2.75, 3.05) is 11.1 Å². The second-order valence-corrected chi connectivity index (χ2v) is 6.15. The highest BCUT2D eigenvalue weighted by Crippen LogP contribution is 2.15. The van der Waals surface area contributed by atoms with Gasteiger partial charge in [0, 0.05) is 17.4 Å². The summed E-state index contributed by atoms with van der Waals surface area (Å²) < 4.78 is 5.24. The van der Waals surface area contributed by atoms with Gasteiger partial charge in [-0.25, -0.2) is 4.79 Å². The second kappa shape index (κ2) is 6.51. The number of aromatic amines is 1. The van der Waals surface area contributed by atoms with Gasteiger partial charge in [-0.3, -0.25) is 10.4 Å². The van der Waals surface area contributed by atoms with Gasteiger partial charge in [-0.1, -0.05) is 12.1 Å². The van der Waals surface area contributed by atoms with Crippen molar-refractivity contribution in [2.45, 2.75) is 39.2 Å². The molecule has 0 saturated heterocycles. The molecule has 2 rings (SSSR count). The lowest BCUT2D eigenvalue weighted by molar-refractivity contribution is 0.0636. The van der Waals surface area contributed by atoms with Gasteiger partial charge in [-0.15, -0.1) is 0 Å². The number of aryl methyl sites for hydroxylation is 2. The van der Waals surface area contributed by atoms with Crippen molar-refractivity contribution in [2.24, 2.45) is 0 Å². The van der Waals surface area contributed by atoms with E-state index in [1.54, 1.807) is 0 Å². The summed E-state index contributed by atoms with van der Waals surface area (Å²) in [5.74, 6) is 0.496. The summed E-state index contributed by atoms with van der Waals surface area (Å²) in [4.78, 5) is 11.8. The van der Waals surface area contributed by atoms with Crippen LogP contribution < -0.4 is 11.1 Å². The molecule has 22 heavy (non-hydrogen) atoms. The smallest absolute Gasteiger partial charge is 0.412 e. The Morgan fingerprint density at radius 3 is 2.73 bits per heavy atom. The molecule has 4 N–H and O–H groups in total. The summed E-state index contributed by atoms with van der Waals surface area (Å²) in [5, 5.41) is 9.52. The Labute approximate surface area is 130 Å². The average molecular weight is 302 g/mol. The van der Waals surface area contributed by atoms with Crippen LogP contribution >= 0.6 is 0 Å². The predicted octanol–water partition coefficient (Wildman–Crippen LogP) is 3.12. The van der Waals surface area contributed by atoms with E-state index in [9.17, 15) is 4.79 Å². The predicted molar refractivity (Wildman–Crippen MR) is 86.7 cm³/mol. The van der Waals surface area contributed by atoms with Gasteiger partial charge < -0.3 is 10.5 Å². The van der Waals surface area contributed by atoms with Crippen molar-refractivity contribution in [1.29, 1.82) is 0 Å². The third-order valence-corrected chi connectivity index (χ3v) is 2.91. The van der Waals surface area contributed by atoms with Crippen LogP contribution in [-0.4, -0.2) is 21.9 Å². The van der Waals surface area contributed by atoms with Crippen molar-refractivity contribution < 1.29 is 9.53 Å². The minimum atomic E-state index is -0.512. The molecule has 0 atom stereocenters. The third-order valence-electron chi connectivity index (χ3n) is 2.91. The SMILES string of the molecule is CC(C)(C)OC(=O)Nc1cccc(CCc2cc(N)n[nH]2)c1. The molecule has 6 nitrogen and oxygen atoms in total. The number of nitrogens with zero attached hydrogens (tertiary/aromatic N) is 1. The van der Waals surface area contributed by atoms with Crippen molar-refractivity contribution in [3.63, 3.8) is 0 Å². The summed E-state index contributed by atoms with van der Waals surface area (Å²) in [6.07, 6.45) is 1.18. The van der Waals surface area contributed by atoms with Gasteiger partial charge in [0.15, 0.2) is 0 Å². The topological polar surface area (TPSA) is 93.0 Å². The van der Waals surface area contributed by atoms with Gasteiger partial charge in [-0.05, 0) is 51.3 Å². The molecule has 118 valence electrons. The molecule has 6 heteroatoms. The van der Waals surface area contributed by atoms with Crippen LogP contribution in [0.3, 0.4) is 0 Å². The first-order valence-corrected chi connectivity index (χ1v) is 7.20. The van der Waals surface area contributed by atoms with Crippen molar-refractivity contribution in [3.05, 3.63) is 41.6 Å². The van der Waals surface area contributed by atoms with Gasteiger partial charge in [0.25, 0.3) is 0 Å². The monoisotopic (exact) mass is 302 g/mol. The van der Waals surface area contributed by atoms with Crippen LogP contribution in [0.1, 0.15) is 32.0 Å². The van der Waals surface area contributed by atoms with Gasteiger partial charge >= 0.3 is 6.09 Å². The molecular weight excluding hydrogens is 280 g/mol. The fraction of sp³-hybridized carbons (Fsp3) is 0.375. The van der Waals surface area contributed by atoms with Crippen LogP contribution in [0.15, 0.2) is 30.3 Å². The van der Waals surface area contributed by atoms with E-state index >= 15 is 0 Å². The van der Waals surface area contributed by atoms with Crippen LogP contribution in [-0.2, 0) is 17.6 Å². The van der Waals surface area contributed by atoms with Gasteiger partial charge in [0.2, 0.25) is 0 Å². The van der Waals surface area contributed by atoms with E-state index in [0.29, 0.717) is 5.82 Å². The summed E-state index contributed by atoms with van der Waals surface area (Å²) in [6, 6.07) is 9.51.